The summed E-state index contributed by atoms with van der Waals surface area (Å²) in [6, 6.07) is 6.80. The number of carboxylic acid groups (broad SMARTS) is 1. The number of aromatic amines is 1. The molecule has 2 rings (SSSR count). The number of para-hydroxylation sites is 1. The van der Waals surface area contributed by atoms with E-state index < -0.39 is 12.0 Å². The van der Waals surface area contributed by atoms with Gasteiger partial charge in [-0.1, -0.05) is 18.2 Å². The smallest absolute Gasteiger partial charge is 0.327 e. The van der Waals surface area contributed by atoms with E-state index in [0.717, 1.165) is 16.5 Å². The molecule has 3 N–H and O–H groups in total. The number of aryl methyl sites for hydroxylation is 1. The number of benzene rings is 1. The average molecular weight is 284 g/mol. The molecule has 5 heteroatoms. The SMILES string of the molecule is C#CCC(NC(=O)CCc1c[nH]c2ccccc12)C(=O)O. The predicted molar refractivity (Wildman–Crippen MR) is 79.6 cm³/mol. The number of hydrogen-bond acceptors (Lipinski definition) is 2. The third-order valence-corrected chi connectivity index (χ3v) is 3.25. The molecular formula is C16H16N2O3. The van der Waals surface area contributed by atoms with E-state index in [1.54, 1.807) is 0 Å². The van der Waals surface area contributed by atoms with Gasteiger partial charge in [-0.3, -0.25) is 4.79 Å². The van der Waals surface area contributed by atoms with Crippen LogP contribution in [-0.4, -0.2) is 28.0 Å². The van der Waals surface area contributed by atoms with Crippen LogP contribution in [0.3, 0.4) is 0 Å². The van der Waals surface area contributed by atoms with Gasteiger partial charge in [0, 0.05) is 29.9 Å². The lowest BCUT2D eigenvalue weighted by molar-refractivity contribution is -0.141. The first-order valence-corrected chi connectivity index (χ1v) is 6.62. The molecule has 0 saturated carbocycles. The Morgan fingerprint density at radius 2 is 2.14 bits per heavy atom. The van der Waals surface area contributed by atoms with Crippen LogP contribution in [0, 0.1) is 12.3 Å². The number of carbonyl (C=O) groups excluding carboxylic acids is 1. The number of fused-ring (bicyclic) bond motifs is 1. The van der Waals surface area contributed by atoms with E-state index in [4.69, 9.17) is 11.5 Å². The second-order valence-electron chi connectivity index (χ2n) is 4.73. The summed E-state index contributed by atoms with van der Waals surface area (Å²) < 4.78 is 0. The molecule has 1 atom stereocenters. The number of terminal acetylenes is 1. The van der Waals surface area contributed by atoms with Crippen LogP contribution in [0.2, 0.25) is 0 Å². The number of amides is 1. The van der Waals surface area contributed by atoms with Gasteiger partial charge in [-0.15, -0.1) is 12.3 Å². The van der Waals surface area contributed by atoms with Gasteiger partial charge < -0.3 is 15.4 Å². The minimum absolute atomic E-state index is 0.0197. The molecule has 1 aromatic heterocycles. The van der Waals surface area contributed by atoms with Crippen molar-refractivity contribution in [2.45, 2.75) is 25.3 Å². The van der Waals surface area contributed by atoms with Gasteiger partial charge in [0.2, 0.25) is 5.91 Å². The standard InChI is InChI=1S/C16H16N2O3/c1-2-5-14(16(20)21)18-15(19)9-8-11-10-17-13-7-4-3-6-12(11)13/h1,3-4,6-7,10,14,17H,5,8-9H2,(H,18,19)(H,20,21). The minimum atomic E-state index is -1.12. The zero-order chi connectivity index (χ0) is 15.2. The molecule has 0 radical (unpaired) electrons. The zero-order valence-corrected chi connectivity index (χ0v) is 11.4. The first-order valence-electron chi connectivity index (χ1n) is 6.62. The number of rotatable bonds is 6. The van der Waals surface area contributed by atoms with Crippen molar-refractivity contribution in [1.82, 2.24) is 10.3 Å². The Morgan fingerprint density at radius 3 is 2.86 bits per heavy atom. The van der Waals surface area contributed by atoms with Crippen LogP contribution < -0.4 is 5.32 Å². The number of hydrogen-bond donors (Lipinski definition) is 3. The van der Waals surface area contributed by atoms with E-state index in [1.165, 1.54) is 0 Å². The molecule has 1 heterocycles. The Morgan fingerprint density at radius 1 is 1.38 bits per heavy atom. The number of carbonyl (C=O) groups is 2. The summed E-state index contributed by atoms with van der Waals surface area (Å²) >= 11 is 0. The first kappa shape index (κ1) is 14.7. The maximum absolute atomic E-state index is 11.8. The van der Waals surface area contributed by atoms with Crippen LogP contribution >= 0.6 is 0 Å². The van der Waals surface area contributed by atoms with Crippen LogP contribution in [0.4, 0.5) is 0 Å². The Balaban J connectivity index is 1.95. The lowest BCUT2D eigenvalue weighted by Crippen LogP contribution is -2.40. The second-order valence-corrected chi connectivity index (χ2v) is 4.73. The number of aliphatic carboxylic acids is 1. The molecule has 1 amide bonds. The fourth-order valence-corrected chi connectivity index (χ4v) is 2.17. The maximum atomic E-state index is 11.8. The highest BCUT2D eigenvalue weighted by Gasteiger charge is 2.18. The summed E-state index contributed by atoms with van der Waals surface area (Å²) in [5, 5.41) is 12.4. The van der Waals surface area contributed by atoms with Crippen LogP contribution in [0.1, 0.15) is 18.4 Å². The van der Waals surface area contributed by atoms with Crippen molar-refractivity contribution in [3.63, 3.8) is 0 Å². The molecule has 0 spiro atoms. The lowest BCUT2D eigenvalue weighted by Gasteiger charge is -2.11. The molecule has 1 unspecified atom stereocenters. The maximum Gasteiger partial charge on any atom is 0.327 e. The summed E-state index contributed by atoms with van der Waals surface area (Å²) in [5.74, 6) is 0.814. The van der Waals surface area contributed by atoms with Gasteiger partial charge in [-0.25, -0.2) is 4.79 Å². The molecule has 1 aromatic carbocycles. The Bertz CT molecular complexity index is 697. The van der Waals surface area contributed by atoms with Crippen molar-refractivity contribution >= 4 is 22.8 Å². The topological polar surface area (TPSA) is 82.2 Å². The number of nitrogens with one attached hydrogen (secondary N) is 2. The van der Waals surface area contributed by atoms with Crippen LogP contribution in [0.5, 0.6) is 0 Å². The summed E-state index contributed by atoms with van der Waals surface area (Å²) in [7, 11) is 0. The Kier molecular flexibility index (Phi) is 4.62. The molecule has 0 bridgehead atoms. The van der Waals surface area contributed by atoms with E-state index >= 15 is 0 Å². The molecule has 0 fully saturated rings. The van der Waals surface area contributed by atoms with E-state index in [-0.39, 0.29) is 18.7 Å². The molecule has 21 heavy (non-hydrogen) atoms. The van der Waals surface area contributed by atoms with Crippen LogP contribution in [0.25, 0.3) is 10.9 Å². The fourth-order valence-electron chi connectivity index (χ4n) is 2.17. The molecule has 0 aliphatic heterocycles. The average Bonchev–Trinajstić information content (AvgIpc) is 2.88. The van der Waals surface area contributed by atoms with Crippen molar-refractivity contribution in [3.05, 3.63) is 36.0 Å². The monoisotopic (exact) mass is 284 g/mol. The summed E-state index contributed by atoms with van der Waals surface area (Å²) in [6.45, 7) is 0. The van der Waals surface area contributed by atoms with Gasteiger partial charge in [0.1, 0.15) is 6.04 Å². The molecule has 2 aromatic rings. The molecular weight excluding hydrogens is 268 g/mol. The highest BCUT2D eigenvalue weighted by molar-refractivity contribution is 5.86. The largest absolute Gasteiger partial charge is 0.480 e. The summed E-state index contributed by atoms with van der Waals surface area (Å²) in [6.07, 6.45) is 7.70. The minimum Gasteiger partial charge on any atom is -0.480 e. The quantitative estimate of drug-likeness (QED) is 0.706. The van der Waals surface area contributed by atoms with Crippen molar-refractivity contribution in [2.75, 3.05) is 0 Å². The van der Waals surface area contributed by atoms with Crippen LogP contribution in [-0.2, 0) is 16.0 Å². The Labute approximate surface area is 122 Å². The summed E-state index contributed by atoms with van der Waals surface area (Å²) in [4.78, 5) is 25.9. The van der Waals surface area contributed by atoms with E-state index in [9.17, 15) is 9.59 Å². The van der Waals surface area contributed by atoms with Crippen LogP contribution in [0.15, 0.2) is 30.5 Å². The van der Waals surface area contributed by atoms with E-state index in [0.29, 0.717) is 6.42 Å². The number of aromatic nitrogens is 1. The lowest BCUT2D eigenvalue weighted by atomic mass is 10.1. The molecule has 108 valence electrons. The Hall–Kier alpha value is -2.74. The van der Waals surface area contributed by atoms with Gasteiger partial charge in [-0.2, -0.15) is 0 Å². The second kappa shape index (κ2) is 6.62. The van der Waals surface area contributed by atoms with Gasteiger partial charge in [0.05, 0.1) is 0 Å². The highest BCUT2D eigenvalue weighted by atomic mass is 16.4. The van der Waals surface area contributed by atoms with Gasteiger partial charge in [-0.05, 0) is 18.1 Å². The van der Waals surface area contributed by atoms with Crippen molar-refractivity contribution < 1.29 is 14.7 Å². The van der Waals surface area contributed by atoms with Crippen molar-refractivity contribution in [2.24, 2.45) is 0 Å². The van der Waals surface area contributed by atoms with Crippen molar-refractivity contribution in [1.29, 1.82) is 0 Å². The van der Waals surface area contributed by atoms with Gasteiger partial charge in [0.25, 0.3) is 0 Å². The molecule has 0 aliphatic rings. The third kappa shape index (κ3) is 3.63. The first-order chi connectivity index (χ1) is 10.1. The normalized spacial score (nSPS) is 11.8. The van der Waals surface area contributed by atoms with Crippen molar-refractivity contribution in [3.8, 4) is 12.3 Å². The third-order valence-electron chi connectivity index (χ3n) is 3.25. The highest BCUT2D eigenvalue weighted by Crippen LogP contribution is 2.18. The fraction of sp³-hybridized carbons (Fsp3) is 0.250. The van der Waals surface area contributed by atoms with Gasteiger partial charge >= 0.3 is 5.97 Å². The van der Waals surface area contributed by atoms with Gasteiger partial charge in [0.15, 0.2) is 0 Å². The summed E-state index contributed by atoms with van der Waals surface area (Å²) in [5.41, 5.74) is 2.05. The molecule has 5 nitrogen and oxygen atoms in total. The zero-order valence-electron chi connectivity index (χ0n) is 11.4. The number of carboxylic acids is 1. The molecule has 0 saturated heterocycles. The number of H-pyrrole nitrogens is 1. The van der Waals surface area contributed by atoms with E-state index in [1.807, 2.05) is 30.5 Å². The van der Waals surface area contributed by atoms with E-state index in [2.05, 4.69) is 16.2 Å². The molecule has 0 aliphatic carbocycles. The predicted octanol–water partition coefficient (Wildman–Crippen LogP) is 1.69.